The monoisotopic (exact) mass is 333 g/mol. The molecule has 0 aromatic heterocycles. The first kappa shape index (κ1) is 17.0. The van der Waals surface area contributed by atoms with Crippen LogP contribution in [0.1, 0.15) is 18.4 Å². The molecule has 0 bridgehead atoms. The molecule has 2 fully saturated rings. The molecule has 0 radical (unpaired) electrons. The molecule has 3 rings (SSSR count). The van der Waals surface area contributed by atoms with E-state index in [1.54, 1.807) is 0 Å². The van der Waals surface area contributed by atoms with E-state index in [2.05, 4.69) is 22.3 Å². The van der Waals surface area contributed by atoms with Gasteiger partial charge in [-0.25, -0.2) is 4.79 Å². The molecule has 2 heterocycles. The first-order valence-corrected chi connectivity index (χ1v) is 8.65. The van der Waals surface area contributed by atoms with Gasteiger partial charge in [-0.05, 0) is 30.5 Å². The summed E-state index contributed by atoms with van der Waals surface area (Å²) in [5, 5.41) is 3.05. The van der Waals surface area contributed by atoms with Gasteiger partial charge in [0.25, 0.3) is 0 Å². The highest BCUT2D eigenvalue weighted by Gasteiger charge is 2.35. The predicted molar refractivity (Wildman–Crippen MR) is 93.3 cm³/mol. The molecule has 1 aromatic carbocycles. The fourth-order valence-electron chi connectivity index (χ4n) is 3.31. The first-order chi connectivity index (χ1) is 11.6. The largest absolute Gasteiger partial charge is 0.378 e. The van der Waals surface area contributed by atoms with E-state index >= 15 is 0 Å². The van der Waals surface area contributed by atoms with E-state index in [0.717, 1.165) is 30.7 Å². The highest BCUT2D eigenvalue weighted by molar-refractivity contribution is 5.74. The number of ether oxygens (including phenoxy) is 2. The Bertz CT molecular complexity index is 558. The van der Waals surface area contributed by atoms with Gasteiger partial charge in [0, 0.05) is 39.5 Å². The summed E-state index contributed by atoms with van der Waals surface area (Å²) in [5.41, 5.74) is 2.22. The highest BCUT2D eigenvalue weighted by Crippen LogP contribution is 2.22. The van der Waals surface area contributed by atoms with Gasteiger partial charge in [0.2, 0.25) is 0 Å². The van der Waals surface area contributed by atoms with Crippen LogP contribution in [0.25, 0.3) is 0 Å². The fourth-order valence-corrected chi connectivity index (χ4v) is 3.31. The Kier molecular flexibility index (Phi) is 5.58. The van der Waals surface area contributed by atoms with E-state index in [1.165, 1.54) is 0 Å². The molecule has 0 saturated carbocycles. The molecule has 0 aliphatic carbocycles. The number of morpholine rings is 1. The lowest BCUT2D eigenvalue weighted by Gasteiger charge is -2.38. The van der Waals surface area contributed by atoms with Crippen molar-refractivity contribution in [3.05, 3.63) is 29.8 Å². The number of urea groups is 1. The average Bonchev–Trinajstić information content (AvgIpc) is 3.14. The van der Waals surface area contributed by atoms with Crippen molar-refractivity contribution in [3.8, 4) is 0 Å². The van der Waals surface area contributed by atoms with Crippen molar-refractivity contribution in [3.63, 3.8) is 0 Å². The van der Waals surface area contributed by atoms with Crippen molar-refractivity contribution in [2.75, 3.05) is 45.4 Å². The van der Waals surface area contributed by atoms with Gasteiger partial charge in [0.1, 0.15) is 0 Å². The van der Waals surface area contributed by atoms with Crippen LogP contribution in [0.5, 0.6) is 0 Å². The van der Waals surface area contributed by atoms with Crippen molar-refractivity contribution in [1.82, 2.24) is 10.2 Å². The summed E-state index contributed by atoms with van der Waals surface area (Å²) in [6.45, 7) is 3.08. The van der Waals surface area contributed by atoms with Crippen molar-refractivity contribution >= 4 is 11.7 Å². The van der Waals surface area contributed by atoms with Crippen LogP contribution in [0.15, 0.2) is 24.3 Å². The Balaban J connectivity index is 1.59. The first-order valence-electron chi connectivity index (χ1n) is 8.65. The van der Waals surface area contributed by atoms with Gasteiger partial charge in [0.15, 0.2) is 0 Å². The summed E-state index contributed by atoms with van der Waals surface area (Å²) >= 11 is 0. The third-order valence-corrected chi connectivity index (χ3v) is 4.69. The van der Waals surface area contributed by atoms with Gasteiger partial charge < -0.3 is 24.6 Å². The normalized spacial score (nSPS) is 24.0. The number of carbonyl (C=O) groups excluding carboxylic acids is 1. The SMILES string of the molecule is CN(C)c1cccc(CNC(=O)N2CCOCC2C2CCCO2)c1. The molecule has 1 N–H and O–H groups in total. The second kappa shape index (κ2) is 7.85. The number of benzene rings is 1. The molecule has 1 aromatic rings. The van der Waals surface area contributed by atoms with Crippen molar-refractivity contribution in [2.45, 2.75) is 31.5 Å². The van der Waals surface area contributed by atoms with Gasteiger partial charge >= 0.3 is 6.03 Å². The molecule has 0 spiro atoms. The molecule has 2 aliphatic heterocycles. The zero-order valence-electron chi connectivity index (χ0n) is 14.5. The number of hydrogen-bond acceptors (Lipinski definition) is 4. The van der Waals surface area contributed by atoms with Gasteiger partial charge in [-0.3, -0.25) is 0 Å². The Morgan fingerprint density at radius 1 is 1.38 bits per heavy atom. The van der Waals surface area contributed by atoms with Gasteiger partial charge in [-0.1, -0.05) is 12.1 Å². The minimum absolute atomic E-state index is 0.0226. The fraction of sp³-hybridized carbons (Fsp3) is 0.611. The Labute approximate surface area is 143 Å². The van der Waals surface area contributed by atoms with E-state index in [9.17, 15) is 4.79 Å². The Morgan fingerprint density at radius 3 is 3.00 bits per heavy atom. The average molecular weight is 333 g/mol. The second-order valence-corrected chi connectivity index (χ2v) is 6.61. The van der Waals surface area contributed by atoms with Crippen LogP contribution in [-0.2, 0) is 16.0 Å². The number of anilines is 1. The van der Waals surface area contributed by atoms with Crippen LogP contribution in [0, 0.1) is 0 Å². The second-order valence-electron chi connectivity index (χ2n) is 6.61. The molecule has 24 heavy (non-hydrogen) atoms. The van der Waals surface area contributed by atoms with Gasteiger partial charge in [0.05, 0.1) is 25.4 Å². The molecule has 6 heteroatoms. The van der Waals surface area contributed by atoms with E-state index in [1.807, 2.05) is 31.1 Å². The number of hydrogen-bond donors (Lipinski definition) is 1. The van der Waals surface area contributed by atoms with Gasteiger partial charge in [-0.2, -0.15) is 0 Å². The number of nitrogens with one attached hydrogen (secondary N) is 1. The zero-order chi connectivity index (χ0) is 16.9. The summed E-state index contributed by atoms with van der Waals surface area (Å²) < 4.78 is 11.3. The van der Waals surface area contributed by atoms with Crippen molar-refractivity contribution in [2.24, 2.45) is 0 Å². The highest BCUT2D eigenvalue weighted by atomic mass is 16.5. The van der Waals surface area contributed by atoms with Crippen LogP contribution < -0.4 is 10.2 Å². The summed E-state index contributed by atoms with van der Waals surface area (Å²) in [5.74, 6) is 0. The van der Waals surface area contributed by atoms with Gasteiger partial charge in [-0.15, -0.1) is 0 Å². The number of amides is 2. The maximum atomic E-state index is 12.7. The van der Waals surface area contributed by atoms with Crippen molar-refractivity contribution < 1.29 is 14.3 Å². The molecule has 2 atom stereocenters. The molecule has 6 nitrogen and oxygen atoms in total. The Morgan fingerprint density at radius 2 is 2.25 bits per heavy atom. The molecule has 2 saturated heterocycles. The summed E-state index contributed by atoms with van der Waals surface area (Å²) in [6.07, 6.45) is 2.17. The van der Waals surface area contributed by atoms with Crippen LogP contribution in [-0.4, -0.2) is 63.5 Å². The standard InChI is InChI=1S/C18H27N3O3/c1-20(2)15-6-3-5-14(11-15)12-19-18(22)21-8-10-23-13-16(21)17-7-4-9-24-17/h3,5-6,11,16-17H,4,7-10,12-13H2,1-2H3,(H,19,22). The van der Waals surface area contributed by atoms with Crippen molar-refractivity contribution in [1.29, 1.82) is 0 Å². The maximum Gasteiger partial charge on any atom is 0.318 e. The molecule has 2 aliphatic rings. The maximum absolute atomic E-state index is 12.7. The summed E-state index contributed by atoms with van der Waals surface area (Å²) in [4.78, 5) is 16.6. The molecule has 132 valence electrons. The topological polar surface area (TPSA) is 54.0 Å². The smallest absolute Gasteiger partial charge is 0.318 e. The third kappa shape index (κ3) is 3.99. The lowest BCUT2D eigenvalue weighted by atomic mass is 10.1. The zero-order valence-corrected chi connectivity index (χ0v) is 14.5. The Hall–Kier alpha value is -1.79. The predicted octanol–water partition coefficient (Wildman–Crippen LogP) is 1.84. The van der Waals surface area contributed by atoms with E-state index in [-0.39, 0.29) is 18.2 Å². The lowest BCUT2D eigenvalue weighted by Crippen LogP contribution is -2.56. The van der Waals surface area contributed by atoms with Crippen LogP contribution >= 0.6 is 0 Å². The number of carbonyl (C=O) groups is 1. The van der Waals surface area contributed by atoms with Crippen LogP contribution in [0.4, 0.5) is 10.5 Å². The number of nitrogens with zero attached hydrogens (tertiary/aromatic N) is 2. The van der Waals surface area contributed by atoms with E-state index in [0.29, 0.717) is 26.3 Å². The van der Waals surface area contributed by atoms with E-state index in [4.69, 9.17) is 9.47 Å². The number of rotatable bonds is 4. The minimum Gasteiger partial charge on any atom is -0.378 e. The lowest BCUT2D eigenvalue weighted by molar-refractivity contribution is -0.0473. The summed E-state index contributed by atoms with van der Waals surface area (Å²) in [6, 6.07) is 8.19. The van der Waals surface area contributed by atoms with Crippen LogP contribution in [0.2, 0.25) is 0 Å². The molecular weight excluding hydrogens is 306 g/mol. The molecule has 2 amide bonds. The van der Waals surface area contributed by atoms with Crippen LogP contribution in [0.3, 0.4) is 0 Å². The molecular formula is C18H27N3O3. The molecule has 2 unspecified atom stereocenters. The third-order valence-electron chi connectivity index (χ3n) is 4.69. The minimum atomic E-state index is -0.0333. The quantitative estimate of drug-likeness (QED) is 0.913. The summed E-state index contributed by atoms with van der Waals surface area (Å²) in [7, 11) is 4.02. The van der Waals surface area contributed by atoms with E-state index < -0.39 is 0 Å².